The third kappa shape index (κ3) is 2.42. The first-order chi connectivity index (χ1) is 10.3. The highest BCUT2D eigenvalue weighted by molar-refractivity contribution is 5.36. The zero-order valence-corrected chi connectivity index (χ0v) is 12.3. The second-order valence-corrected chi connectivity index (χ2v) is 5.72. The maximum Gasteiger partial charge on any atom is 0.143 e. The summed E-state index contributed by atoms with van der Waals surface area (Å²) in [6.07, 6.45) is 5.32. The smallest absolute Gasteiger partial charge is 0.143 e. The number of methoxy groups -OCH3 is 1. The Bertz CT molecular complexity index is 591. The number of aromatic nitrogens is 1. The van der Waals surface area contributed by atoms with Gasteiger partial charge in [0.2, 0.25) is 0 Å². The van der Waals surface area contributed by atoms with Gasteiger partial charge < -0.3 is 9.84 Å². The third-order valence-electron chi connectivity index (χ3n) is 4.65. The highest BCUT2D eigenvalue weighted by Gasteiger charge is 2.44. The van der Waals surface area contributed by atoms with Crippen LogP contribution in [0.3, 0.4) is 0 Å². The molecule has 1 aliphatic rings. The molecule has 0 aliphatic heterocycles. The summed E-state index contributed by atoms with van der Waals surface area (Å²) in [6.45, 7) is 0. The summed E-state index contributed by atoms with van der Waals surface area (Å²) in [4.78, 5) is 4.39. The van der Waals surface area contributed by atoms with E-state index in [0.29, 0.717) is 11.4 Å². The lowest BCUT2D eigenvalue weighted by atomic mass is 9.73. The molecule has 1 aliphatic carbocycles. The largest absolute Gasteiger partial charge is 0.495 e. The highest BCUT2D eigenvalue weighted by Crippen LogP contribution is 2.50. The average molecular weight is 283 g/mol. The lowest BCUT2D eigenvalue weighted by Gasteiger charge is -2.35. The monoisotopic (exact) mass is 283 g/mol. The molecule has 1 atom stereocenters. The molecule has 2 aromatic rings. The van der Waals surface area contributed by atoms with Gasteiger partial charge in [-0.3, -0.25) is 4.98 Å². The second-order valence-electron chi connectivity index (χ2n) is 5.72. The maximum absolute atomic E-state index is 11.1. The Labute approximate surface area is 125 Å². The summed E-state index contributed by atoms with van der Waals surface area (Å²) < 4.78 is 5.38. The van der Waals surface area contributed by atoms with E-state index in [9.17, 15) is 5.11 Å². The number of hydrogen-bond acceptors (Lipinski definition) is 3. The van der Waals surface area contributed by atoms with Gasteiger partial charge in [0.1, 0.15) is 17.5 Å². The topological polar surface area (TPSA) is 42.4 Å². The molecule has 0 spiro atoms. The first-order valence-electron chi connectivity index (χ1n) is 7.50. The van der Waals surface area contributed by atoms with Crippen molar-refractivity contribution >= 4 is 0 Å². The molecule has 1 aromatic heterocycles. The predicted molar refractivity (Wildman–Crippen MR) is 82.3 cm³/mol. The molecule has 0 saturated heterocycles. The molecule has 110 valence electrons. The summed E-state index contributed by atoms with van der Waals surface area (Å²) in [5.74, 6) is 0.659. The molecular weight excluding hydrogens is 262 g/mol. The van der Waals surface area contributed by atoms with Crippen LogP contribution in [0.25, 0.3) is 0 Å². The van der Waals surface area contributed by atoms with Crippen LogP contribution in [0.1, 0.15) is 43.0 Å². The standard InChI is InChI=1S/C18H21NO2/c1-21-15-10-7-13-19-16(15)17(20)18(11-5-6-12-18)14-8-3-2-4-9-14/h2-4,7-10,13,17,20H,5-6,11-12H2,1H3. The molecular formula is C18H21NO2. The number of aliphatic hydroxyl groups is 1. The molecule has 1 unspecified atom stereocenters. The van der Waals surface area contributed by atoms with Gasteiger partial charge in [-0.25, -0.2) is 0 Å². The number of benzene rings is 1. The van der Waals surface area contributed by atoms with Crippen LogP contribution in [0.2, 0.25) is 0 Å². The first kappa shape index (κ1) is 14.1. The number of aliphatic hydroxyl groups excluding tert-OH is 1. The van der Waals surface area contributed by atoms with Gasteiger partial charge in [-0.05, 0) is 30.5 Å². The maximum atomic E-state index is 11.1. The van der Waals surface area contributed by atoms with E-state index in [-0.39, 0.29) is 5.41 Å². The van der Waals surface area contributed by atoms with Crippen molar-refractivity contribution < 1.29 is 9.84 Å². The number of pyridine rings is 1. The molecule has 3 nitrogen and oxygen atoms in total. The lowest BCUT2D eigenvalue weighted by molar-refractivity contribution is 0.0757. The minimum absolute atomic E-state index is 0.247. The summed E-state index contributed by atoms with van der Waals surface area (Å²) in [7, 11) is 1.62. The Kier molecular flexibility index (Phi) is 3.93. The van der Waals surface area contributed by atoms with Gasteiger partial charge in [-0.1, -0.05) is 43.2 Å². The molecule has 1 N–H and O–H groups in total. The zero-order valence-electron chi connectivity index (χ0n) is 12.3. The minimum Gasteiger partial charge on any atom is -0.495 e. The number of ether oxygens (including phenoxy) is 1. The molecule has 1 aromatic carbocycles. The summed E-state index contributed by atoms with van der Waals surface area (Å²) in [5, 5.41) is 11.1. The van der Waals surface area contributed by atoms with E-state index < -0.39 is 6.10 Å². The van der Waals surface area contributed by atoms with Crippen molar-refractivity contribution in [2.24, 2.45) is 0 Å². The van der Waals surface area contributed by atoms with E-state index in [2.05, 4.69) is 17.1 Å². The SMILES string of the molecule is COc1cccnc1C(O)C1(c2ccccc2)CCCC1. The Morgan fingerprint density at radius 3 is 2.48 bits per heavy atom. The van der Waals surface area contributed by atoms with Gasteiger partial charge in [0, 0.05) is 11.6 Å². The fraction of sp³-hybridized carbons (Fsp3) is 0.389. The molecule has 1 heterocycles. The van der Waals surface area contributed by atoms with Crippen molar-refractivity contribution in [1.82, 2.24) is 4.98 Å². The number of nitrogens with zero attached hydrogens (tertiary/aromatic N) is 1. The molecule has 21 heavy (non-hydrogen) atoms. The van der Waals surface area contributed by atoms with Crippen molar-refractivity contribution in [1.29, 1.82) is 0 Å². The number of rotatable bonds is 4. The van der Waals surface area contributed by atoms with Crippen LogP contribution in [-0.2, 0) is 5.41 Å². The van der Waals surface area contributed by atoms with E-state index in [1.165, 1.54) is 5.56 Å². The van der Waals surface area contributed by atoms with E-state index >= 15 is 0 Å². The van der Waals surface area contributed by atoms with Crippen molar-refractivity contribution in [3.63, 3.8) is 0 Å². The van der Waals surface area contributed by atoms with Crippen molar-refractivity contribution in [3.05, 3.63) is 59.9 Å². The predicted octanol–water partition coefficient (Wildman–Crippen LogP) is 3.64. The first-order valence-corrected chi connectivity index (χ1v) is 7.50. The zero-order chi connectivity index (χ0) is 14.7. The Hall–Kier alpha value is -1.87. The molecule has 1 fully saturated rings. The van der Waals surface area contributed by atoms with E-state index in [1.807, 2.05) is 30.3 Å². The normalized spacial score (nSPS) is 18.4. The number of hydrogen-bond donors (Lipinski definition) is 1. The third-order valence-corrected chi connectivity index (χ3v) is 4.65. The lowest BCUT2D eigenvalue weighted by Crippen LogP contribution is -2.31. The molecule has 1 saturated carbocycles. The summed E-state index contributed by atoms with van der Waals surface area (Å²) in [6, 6.07) is 14.0. The van der Waals surface area contributed by atoms with Crippen LogP contribution in [0, 0.1) is 0 Å². The molecule has 0 amide bonds. The van der Waals surface area contributed by atoms with Crippen molar-refractivity contribution in [3.8, 4) is 5.75 Å². The Morgan fingerprint density at radius 1 is 1.10 bits per heavy atom. The molecule has 0 radical (unpaired) electrons. The second kappa shape index (κ2) is 5.86. The Morgan fingerprint density at radius 2 is 1.81 bits per heavy atom. The Balaban J connectivity index is 2.06. The van der Waals surface area contributed by atoms with Crippen LogP contribution >= 0.6 is 0 Å². The minimum atomic E-state index is -0.640. The van der Waals surface area contributed by atoms with E-state index in [0.717, 1.165) is 25.7 Å². The fourth-order valence-electron chi connectivity index (χ4n) is 3.54. The quantitative estimate of drug-likeness (QED) is 0.931. The van der Waals surface area contributed by atoms with Gasteiger partial charge in [0.25, 0.3) is 0 Å². The van der Waals surface area contributed by atoms with Crippen molar-refractivity contribution in [2.75, 3.05) is 7.11 Å². The molecule has 3 heteroatoms. The van der Waals surface area contributed by atoms with Crippen LogP contribution < -0.4 is 4.74 Å². The van der Waals surface area contributed by atoms with Crippen LogP contribution in [-0.4, -0.2) is 17.2 Å². The van der Waals surface area contributed by atoms with Crippen LogP contribution in [0.4, 0.5) is 0 Å². The van der Waals surface area contributed by atoms with Gasteiger partial charge >= 0.3 is 0 Å². The highest BCUT2D eigenvalue weighted by atomic mass is 16.5. The van der Waals surface area contributed by atoms with Crippen LogP contribution in [0.5, 0.6) is 5.75 Å². The van der Waals surface area contributed by atoms with Gasteiger partial charge in [0.15, 0.2) is 0 Å². The molecule has 0 bridgehead atoms. The van der Waals surface area contributed by atoms with Crippen LogP contribution in [0.15, 0.2) is 48.7 Å². The van der Waals surface area contributed by atoms with E-state index in [4.69, 9.17) is 4.74 Å². The summed E-state index contributed by atoms with van der Waals surface area (Å²) >= 11 is 0. The van der Waals surface area contributed by atoms with Gasteiger partial charge in [-0.15, -0.1) is 0 Å². The van der Waals surface area contributed by atoms with Gasteiger partial charge in [0.05, 0.1) is 7.11 Å². The van der Waals surface area contributed by atoms with Crippen molar-refractivity contribution in [2.45, 2.75) is 37.2 Å². The van der Waals surface area contributed by atoms with E-state index in [1.54, 1.807) is 13.3 Å². The summed E-state index contributed by atoms with van der Waals surface area (Å²) in [5.41, 5.74) is 1.59. The molecule has 3 rings (SSSR count). The van der Waals surface area contributed by atoms with Gasteiger partial charge in [-0.2, -0.15) is 0 Å². The average Bonchev–Trinajstić information content (AvgIpc) is 3.06. The fourth-order valence-corrected chi connectivity index (χ4v) is 3.54.